The second-order valence-corrected chi connectivity index (χ2v) is 4.82. The molecule has 2 N–H and O–H groups in total. The zero-order valence-corrected chi connectivity index (χ0v) is 11.3. The zero-order valence-electron chi connectivity index (χ0n) is 9.74. The largest absolute Gasteiger partial charge is 0.481 e. The topological polar surface area (TPSA) is 66.4 Å². The van der Waals surface area contributed by atoms with Crippen molar-refractivity contribution >= 4 is 35.1 Å². The molecule has 0 aliphatic carbocycles. The second kappa shape index (κ2) is 6.61. The first-order valence-corrected chi connectivity index (χ1v) is 6.11. The van der Waals surface area contributed by atoms with Crippen LogP contribution in [0.2, 0.25) is 10.0 Å². The highest BCUT2D eigenvalue weighted by atomic mass is 35.5. The third kappa shape index (κ3) is 4.20. The number of carboxylic acids is 1. The number of hydrogen-bond acceptors (Lipinski definition) is 2. The SMILES string of the molecule is CC(CNC(=O)c1c(Cl)cccc1Cl)CC(=O)O. The second-order valence-electron chi connectivity index (χ2n) is 4.01. The number of benzene rings is 1. The molecular weight excluding hydrogens is 277 g/mol. The summed E-state index contributed by atoms with van der Waals surface area (Å²) in [6, 6.07) is 4.79. The Morgan fingerprint density at radius 2 is 1.89 bits per heavy atom. The van der Waals surface area contributed by atoms with Crippen molar-refractivity contribution in [3.63, 3.8) is 0 Å². The van der Waals surface area contributed by atoms with Gasteiger partial charge in [0.25, 0.3) is 5.91 Å². The minimum Gasteiger partial charge on any atom is -0.481 e. The highest BCUT2D eigenvalue weighted by Gasteiger charge is 2.15. The molecule has 0 saturated carbocycles. The van der Waals surface area contributed by atoms with Crippen molar-refractivity contribution in [2.75, 3.05) is 6.54 Å². The van der Waals surface area contributed by atoms with Gasteiger partial charge in [-0.3, -0.25) is 9.59 Å². The molecule has 1 atom stereocenters. The number of halogens is 2. The first-order chi connectivity index (χ1) is 8.41. The van der Waals surface area contributed by atoms with Gasteiger partial charge in [-0.15, -0.1) is 0 Å². The van der Waals surface area contributed by atoms with E-state index in [0.717, 1.165) is 0 Å². The van der Waals surface area contributed by atoms with Gasteiger partial charge in [0.1, 0.15) is 0 Å². The van der Waals surface area contributed by atoms with Gasteiger partial charge >= 0.3 is 5.97 Å². The highest BCUT2D eigenvalue weighted by Crippen LogP contribution is 2.23. The van der Waals surface area contributed by atoms with Crippen LogP contribution in [0.4, 0.5) is 0 Å². The highest BCUT2D eigenvalue weighted by molar-refractivity contribution is 6.39. The van der Waals surface area contributed by atoms with Crippen LogP contribution in [0.15, 0.2) is 18.2 Å². The van der Waals surface area contributed by atoms with E-state index in [1.165, 1.54) is 0 Å². The number of hydrogen-bond donors (Lipinski definition) is 2. The van der Waals surface area contributed by atoms with E-state index < -0.39 is 11.9 Å². The van der Waals surface area contributed by atoms with Gasteiger partial charge in [-0.25, -0.2) is 0 Å². The quantitative estimate of drug-likeness (QED) is 0.876. The van der Waals surface area contributed by atoms with Gasteiger partial charge in [-0.2, -0.15) is 0 Å². The molecule has 1 rings (SSSR count). The van der Waals surface area contributed by atoms with Crippen molar-refractivity contribution in [3.8, 4) is 0 Å². The number of aliphatic carboxylic acids is 1. The average Bonchev–Trinajstić information content (AvgIpc) is 2.25. The molecule has 1 unspecified atom stereocenters. The Labute approximate surface area is 115 Å². The van der Waals surface area contributed by atoms with Crippen molar-refractivity contribution in [2.24, 2.45) is 5.92 Å². The molecule has 1 aromatic rings. The van der Waals surface area contributed by atoms with Crippen LogP contribution >= 0.6 is 23.2 Å². The molecule has 18 heavy (non-hydrogen) atoms. The normalized spacial score (nSPS) is 11.9. The fourth-order valence-corrected chi connectivity index (χ4v) is 2.01. The summed E-state index contributed by atoms with van der Waals surface area (Å²) in [5.74, 6) is -1.46. The molecule has 98 valence electrons. The molecule has 0 bridgehead atoms. The van der Waals surface area contributed by atoms with Crippen LogP contribution < -0.4 is 5.32 Å². The zero-order chi connectivity index (χ0) is 13.7. The van der Waals surface area contributed by atoms with Gasteiger partial charge in [0.2, 0.25) is 0 Å². The summed E-state index contributed by atoms with van der Waals surface area (Å²) >= 11 is 11.8. The van der Waals surface area contributed by atoms with E-state index >= 15 is 0 Å². The number of carbonyl (C=O) groups excluding carboxylic acids is 1. The molecule has 6 heteroatoms. The first kappa shape index (κ1) is 14.8. The molecule has 0 aliphatic heterocycles. The van der Waals surface area contributed by atoms with Gasteiger partial charge in [-0.1, -0.05) is 36.2 Å². The van der Waals surface area contributed by atoms with Crippen LogP contribution in [0.1, 0.15) is 23.7 Å². The minimum absolute atomic E-state index is 0.00344. The van der Waals surface area contributed by atoms with Crippen molar-refractivity contribution in [3.05, 3.63) is 33.8 Å². The fraction of sp³-hybridized carbons (Fsp3) is 0.333. The lowest BCUT2D eigenvalue weighted by atomic mass is 10.1. The first-order valence-electron chi connectivity index (χ1n) is 5.35. The number of amides is 1. The number of rotatable bonds is 5. The molecule has 0 radical (unpaired) electrons. The molecule has 0 heterocycles. The monoisotopic (exact) mass is 289 g/mol. The Balaban J connectivity index is 2.63. The molecule has 0 saturated heterocycles. The third-order valence-corrected chi connectivity index (χ3v) is 2.95. The van der Waals surface area contributed by atoms with Gasteiger partial charge < -0.3 is 10.4 Å². The maximum absolute atomic E-state index is 11.8. The third-order valence-electron chi connectivity index (χ3n) is 2.32. The van der Waals surface area contributed by atoms with Crippen LogP contribution in [-0.2, 0) is 4.79 Å². The summed E-state index contributed by atoms with van der Waals surface area (Å²) in [5, 5.41) is 11.8. The van der Waals surface area contributed by atoms with E-state index in [2.05, 4.69) is 5.32 Å². The van der Waals surface area contributed by atoms with Crippen LogP contribution in [0.3, 0.4) is 0 Å². The minimum atomic E-state index is -0.896. The lowest BCUT2D eigenvalue weighted by Gasteiger charge is -2.11. The van der Waals surface area contributed by atoms with E-state index in [9.17, 15) is 9.59 Å². The Bertz CT molecular complexity index is 442. The summed E-state index contributed by atoms with van der Waals surface area (Å²) in [6.45, 7) is 2.00. The van der Waals surface area contributed by atoms with E-state index in [4.69, 9.17) is 28.3 Å². The van der Waals surface area contributed by atoms with Crippen LogP contribution in [-0.4, -0.2) is 23.5 Å². The van der Waals surface area contributed by atoms with Crippen molar-refractivity contribution < 1.29 is 14.7 Å². The molecule has 1 amide bonds. The van der Waals surface area contributed by atoms with E-state index in [-0.39, 0.29) is 34.5 Å². The van der Waals surface area contributed by atoms with Crippen LogP contribution in [0.5, 0.6) is 0 Å². The Morgan fingerprint density at radius 3 is 2.39 bits per heavy atom. The van der Waals surface area contributed by atoms with Gasteiger partial charge in [0, 0.05) is 13.0 Å². The van der Waals surface area contributed by atoms with Crippen LogP contribution in [0, 0.1) is 5.92 Å². The van der Waals surface area contributed by atoms with Crippen molar-refractivity contribution in [1.29, 1.82) is 0 Å². The van der Waals surface area contributed by atoms with Crippen LogP contribution in [0.25, 0.3) is 0 Å². The lowest BCUT2D eigenvalue weighted by molar-refractivity contribution is -0.137. The number of nitrogens with one attached hydrogen (secondary N) is 1. The smallest absolute Gasteiger partial charge is 0.303 e. The molecule has 4 nitrogen and oxygen atoms in total. The van der Waals surface area contributed by atoms with E-state index in [0.29, 0.717) is 0 Å². The summed E-state index contributed by atoms with van der Waals surface area (Å²) in [4.78, 5) is 22.3. The molecule has 1 aromatic carbocycles. The summed E-state index contributed by atoms with van der Waals surface area (Å²) in [6.07, 6.45) is -0.00344. The number of carbonyl (C=O) groups is 2. The molecule has 0 aliphatic rings. The molecule has 0 fully saturated rings. The Morgan fingerprint density at radius 1 is 1.33 bits per heavy atom. The molecular formula is C12H13Cl2NO3. The van der Waals surface area contributed by atoms with E-state index in [1.54, 1.807) is 25.1 Å². The predicted molar refractivity (Wildman–Crippen MR) is 70.2 cm³/mol. The van der Waals surface area contributed by atoms with Crippen molar-refractivity contribution in [1.82, 2.24) is 5.32 Å². The molecule has 0 aromatic heterocycles. The molecule has 0 spiro atoms. The maximum atomic E-state index is 11.8. The summed E-state index contributed by atoms with van der Waals surface area (Å²) in [5.41, 5.74) is 0.211. The standard InChI is InChI=1S/C12H13Cl2NO3/c1-7(5-10(16)17)6-15-12(18)11-8(13)3-2-4-9(11)14/h2-4,7H,5-6H2,1H3,(H,15,18)(H,16,17). The van der Waals surface area contributed by atoms with E-state index in [1.807, 2.05) is 0 Å². The predicted octanol–water partition coefficient (Wildman–Crippen LogP) is 2.83. The summed E-state index contributed by atoms with van der Waals surface area (Å²) < 4.78 is 0. The number of carboxylic acid groups (broad SMARTS) is 1. The summed E-state index contributed by atoms with van der Waals surface area (Å²) in [7, 11) is 0. The van der Waals surface area contributed by atoms with Gasteiger partial charge in [0.15, 0.2) is 0 Å². The van der Waals surface area contributed by atoms with Gasteiger partial charge in [-0.05, 0) is 18.1 Å². The fourth-order valence-electron chi connectivity index (χ4n) is 1.44. The average molecular weight is 290 g/mol. The Hall–Kier alpha value is -1.26. The maximum Gasteiger partial charge on any atom is 0.303 e. The van der Waals surface area contributed by atoms with Crippen molar-refractivity contribution in [2.45, 2.75) is 13.3 Å². The van der Waals surface area contributed by atoms with Gasteiger partial charge in [0.05, 0.1) is 15.6 Å². The lowest BCUT2D eigenvalue weighted by Crippen LogP contribution is -2.29. The Kier molecular flexibility index (Phi) is 5.44.